The highest BCUT2D eigenvalue weighted by atomic mass is 16.3. The molecule has 6 nitrogen and oxygen atoms in total. The molecule has 0 aliphatic carbocycles. The number of nitroso groups, excluding NO2 is 1. The predicted octanol–water partition coefficient (Wildman–Crippen LogP) is 1.05. The Balaban J connectivity index is 3.39. The molecule has 0 aliphatic heterocycles. The van der Waals surface area contributed by atoms with E-state index < -0.39 is 11.5 Å². The number of nitrogens with zero attached hydrogens (tertiary/aromatic N) is 3. The van der Waals surface area contributed by atoms with E-state index in [9.17, 15) is 14.5 Å². The lowest BCUT2D eigenvalue weighted by Gasteiger charge is -2.02. The van der Waals surface area contributed by atoms with Crippen LogP contribution in [-0.2, 0) is 9.59 Å². The van der Waals surface area contributed by atoms with Gasteiger partial charge in [-0.05, 0) is 19.0 Å². The van der Waals surface area contributed by atoms with Crippen LogP contribution in [0.4, 0.5) is 0 Å². The Kier molecular flexibility index (Phi) is 3.71. The van der Waals surface area contributed by atoms with E-state index in [2.05, 4.69) is 15.1 Å². The average molecular weight is 219 g/mol. The van der Waals surface area contributed by atoms with Crippen LogP contribution < -0.4 is 0 Å². The summed E-state index contributed by atoms with van der Waals surface area (Å²) in [5.41, 5.74) is 0.251. The lowest BCUT2D eigenvalue weighted by molar-refractivity contribution is -0.112. The number of Topliss-reactive ketones (excluding diaryl/α,β-unsaturated/α-hetero) is 1. The van der Waals surface area contributed by atoms with Crippen LogP contribution in [0.15, 0.2) is 23.3 Å². The summed E-state index contributed by atoms with van der Waals surface area (Å²) in [6.45, 7) is 2.96. The summed E-state index contributed by atoms with van der Waals surface area (Å²) in [5.74, 6) is -0.458. The quantitative estimate of drug-likeness (QED) is 0.429. The molecule has 0 N–H and O–H groups in total. The number of aromatic nitrogens is 2. The third-order valence-corrected chi connectivity index (χ3v) is 1.86. The SMILES string of the molecule is CC(=O)/C(=C(\C=O)N=O)c1cnc(C)cn1. The van der Waals surface area contributed by atoms with Gasteiger partial charge in [0.15, 0.2) is 17.8 Å². The van der Waals surface area contributed by atoms with Crippen molar-refractivity contribution in [3.05, 3.63) is 34.4 Å². The number of aryl methyl sites for hydroxylation is 1. The molecule has 0 saturated heterocycles. The van der Waals surface area contributed by atoms with Crippen molar-refractivity contribution < 1.29 is 9.59 Å². The molecule has 6 heteroatoms. The molecule has 0 radical (unpaired) electrons. The largest absolute Gasteiger partial charge is 0.296 e. The van der Waals surface area contributed by atoms with E-state index in [0.717, 1.165) is 0 Å². The Morgan fingerprint density at radius 3 is 2.44 bits per heavy atom. The van der Waals surface area contributed by atoms with Gasteiger partial charge < -0.3 is 0 Å². The highest BCUT2D eigenvalue weighted by molar-refractivity contribution is 6.22. The molecule has 0 unspecified atom stereocenters. The van der Waals surface area contributed by atoms with Gasteiger partial charge in [-0.3, -0.25) is 19.6 Å². The van der Waals surface area contributed by atoms with E-state index in [1.54, 1.807) is 6.92 Å². The predicted molar refractivity (Wildman–Crippen MR) is 56.2 cm³/mol. The van der Waals surface area contributed by atoms with Crippen LogP contribution in [0.2, 0.25) is 0 Å². The molecular formula is C10H9N3O3. The molecule has 0 fully saturated rings. The van der Waals surface area contributed by atoms with Crippen LogP contribution in [0.1, 0.15) is 18.3 Å². The number of hydrogen-bond donors (Lipinski definition) is 0. The second-order valence-electron chi connectivity index (χ2n) is 3.07. The normalized spacial score (nSPS) is 11.6. The zero-order valence-electron chi connectivity index (χ0n) is 8.80. The van der Waals surface area contributed by atoms with Crippen LogP contribution >= 0.6 is 0 Å². The first-order valence-corrected chi connectivity index (χ1v) is 4.43. The third-order valence-electron chi connectivity index (χ3n) is 1.86. The van der Waals surface area contributed by atoms with Gasteiger partial charge in [0.05, 0.1) is 23.2 Å². The van der Waals surface area contributed by atoms with E-state index in [1.165, 1.54) is 19.3 Å². The second kappa shape index (κ2) is 5.01. The van der Waals surface area contributed by atoms with Gasteiger partial charge in [-0.1, -0.05) is 0 Å². The van der Waals surface area contributed by atoms with Gasteiger partial charge in [-0.15, -0.1) is 4.91 Å². The van der Waals surface area contributed by atoms with E-state index in [1.807, 2.05) is 0 Å². The minimum Gasteiger partial charge on any atom is -0.296 e. The van der Waals surface area contributed by atoms with Gasteiger partial charge >= 0.3 is 0 Å². The molecule has 1 aromatic heterocycles. The van der Waals surface area contributed by atoms with Gasteiger partial charge in [0, 0.05) is 6.20 Å². The fraction of sp³-hybridized carbons (Fsp3) is 0.200. The zero-order chi connectivity index (χ0) is 12.1. The number of carbonyl (C=O) groups excluding carboxylic acids is 2. The Labute approximate surface area is 91.4 Å². The van der Waals surface area contributed by atoms with Crippen molar-refractivity contribution >= 4 is 17.6 Å². The Morgan fingerprint density at radius 2 is 2.06 bits per heavy atom. The van der Waals surface area contributed by atoms with Gasteiger partial charge in [-0.25, -0.2) is 0 Å². The number of hydrogen-bond acceptors (Lipinski definition) is 6. The maximum absolute atomic E-state index is 11.3. The van der Waals surface area contributed by atoms with Crippen molar-refractivity contribution in [2.24, 2.45) is 5.18 Å². The molecule has 16 heavy (non-hydrogen) atoms. The maximum atomic E-state index is 11.3. The third kappa shape index (κ3) is 2.41. The molecule has 1 aromatic rings. The van der Waals surface area contributed by atoms with E-state index >= 15 is 0 Å². The van der Waals surface area contributed by atoms with Gasteiger partial charge in [-0.2, -0.15) is 0 Å². The van der Waals surface area contributed by atoms with Gasteiger partial charge in [0.1, 0.15) is 0 Å². The standard InChI is InChI=1S/C10H9N3O3/c1-6-3-12-8(4-11-6)10(7(2)15)9(5-14)13-16/h3-5H,1-2H3/b10-9-. The summed E-state index contributed by atoms with van der Waals surface area (Å²) in [6, 6.07) is 0. The van der Waals surface area contributed by atoms with E-state index in [4.69, 9.17) is 0 Å². The van der Waals surface area contributed by atoms with Crippen LogP contribution in [0.5, 0.6) is 0 Å². The molecule has 1 heterocycles. The van der Waals surface area contributed by atoms with Crippen molar-refractivity contribution in [3.8, 4) is 0 Å². The van der Waals surface area contributed by atoms with Crippen LogP contribution in [0.25, 0.3) is 5.57 Å². The number of carbonyl (C=O) groups is 2. The number of allylic oxidation sites excluding steroid dienone is 2. The van der Waals surface area contributed by atoms with Crippen molar-refractivity contribution in [2.75, 3.05) is 0 Å². The summed E-state index contributed by atoms with van der Waals surface area (Å²) >= 11 is 0. The first-order valence-electron chi connectivity index (χ1n) is 4.43. The maximum Gasteiger partial charge on any atom is 0.172 e. The highest BCUT2D eigenvalue weighted by Crippen LogP contribution is 2.17. The number of rotatable bonds is 4. The Bertz CT molecular complexity index is 453. The Morgan fingerprint density at radius 1 is 1.38 bits per heavy atom. The molecule has 0 spiro atoms. The summed E-state index contributed by atoms with van der Waals surface area (Å²) in [7, 11) is 0. The minimum absolute atomic E-state index is 0.113. The molecular weight excluding hydrogens is 210 g/mol. The first kappa shape index (κ1) is 11.8. The van der Waals surface area contributed by atoms with Gasteiger partial charge in [0.25, 0.3) is 0 Å². The van der Waals surface area contributed by atoms with Crippen molar-refractivity contribution in [1.82, 2.24) is 9.97 Å². The summed E-state index contributed by atoms with van der Waals surface area (Å²) < 4.78 is 0. The monoisotopic (exact) mass is 219 g/mol. The van der Waals surface area contributed by atoms with Crippen LogP contribution in [0, 0.1) is 11.8 Å². The fourth-order valence-corrected chi connectivity index (χ4v) is 1.14. The highest BCUT2D eigenvalue weighted by Gasteiger charge is 2.16. The summed E-state index contributed by atoms with van der Waals surface area (Å²) in [6.07, 6.45) is 2.98. The molecule has 0 atom stereocenters. The fourth-order valence-electron chi connectivity index (χ4n) is 1.14. The lowest BCUT2D eigenvalue weighted by Crippen LogP contribution is -2.04. The smallest absolute Gasteiger partial charge is 0.172 e. The van der Waals surface area contributed by atoms with Crippen molar-refractivity contribution in [3.63, 3.8) is 0 Å². The first-order chi connectivity index (χ1) is 7.60. The molecule has 0 bridgehead atoms. The summed E-state index contributed by atoms with van der Waals surface area (Å²) in [5, 5.41) is 2.50. The second-order valence-corrected chi connectivity index (χ2v) is 3.07. The van der Waals surface area contributed by atoms with Crippen molar-refractivity contribution in [2.45, 2.75) is 13.8 Å². The van der Waals surface area contributed by atoms with Crippen LogP contribution in [-0.4, -0.2) is 22.0 Å². The molecule has 82 valence electrons. The average Bonchev–Trinajstić information content (AvgIpc) is 2.27. The molecule has 0 aromatic carbocycles. The molecule has 1 rings (SSSR count). The molecule has 0 saturated carbocycles. The van der Waals surface area contributed by atoms with Crippen LogP contribution in [0.3, 0.4) is 0 Å². The lowest BCUT2D eigenvalue weighted by atomic mass is 10.1. The minimum atomic E-state index is -0.467. The molecule has 0 aliphatic rings. The topological polar surface area (TPSA) is 89.4 Å². The van der Waals surface area contributed by atoms with E-state index in [-0.39, 0.29) is 17.6 Å². The van der Waals surface area contributed by atoms with E-state index in [0.29, 0.717) is 5.69 Å². The number of ketones is 1. The van der Waals surface area contributed by atoms with Crippen molar-refractivity contribution in [1.29, 1.82) is 0 Å². The summed E-state index contributed by atoms with van der Waals surface area (Å²) in [4.78, 5) is 40.1. The van der Waals surface area contributed by atoms with Gasteiger partial charge in [0.2, 0.25) is 0 Å². The number of aldehydes is 1. The Hall–Kier alpha value is -2.24. The zero-order valence-corrected chi connectivity index (χ0v) is 8.80. The molecule has 0 amide bonds.